The van der Waals surface area contributed by atoms with E-state index < -0.39 is 11.6 Å². The van der Waals surface area contributed by atoms with Gasteiger partial charge in [0.1, 0.15) is 11.4 Å². The van der Waals surface area contributed by atoms with Gasteiger partial charge >= 0.3 is 5.97 Å². The lowest BCUT2D eigenvalue weighted by atomic mass is 9.82. The van der Waals surface area contributed by atoms with Crippen LogP contribution in [0, 0.1) is 0 Å². The predicted octanol–water partition coefficient (Wildman–Crippen LogP) is 8.00. The second-order valence-corrected chi connectivity index (χ2v) is 11.1. The topological polar surface area (TPSA) is 54.9 Å². The van der Waals surface area contributed by atoms with Crippen molar-refractivity contribution < 1.29 is 14.3 Å². The first-order valence-corrected chi connectivity index (χ1v) is 15.7. The number of nitrogens with zero attached hydrogens (tertiary/aromatic N) is 3. The van der Waals surface area contributed by atoms with Gasteiger partial charge in [0.25, 0.3) is 0 Å². The average molecular weight is 598 g/mol. The first kappa shape index (κ1) is 29.9. The summed E-state index contributed by atoms with van der Waals surface area (Å²) in [6.07, 6.45) is 1.72. The van der Waals surface area contributed by atoms with Gasteiger partial charge in [0.05, 0.1) is 12.2 Å². The Hall–Kier alpha value is -5.10. The van der Waals surface area contributed by atoms with Crippen molar-refractivity contribution in [2.75, 3.05) is 29.5 Å². The largest absolute Gasteiger partial charge is 0.493 e. The lowest BCUT2D eigenvalue weighted by Gasteiger charge is -2.32. The minimum absolute atomic E-state index is 0.396. The van der Waals surface area contributed by atoms with Crippen LogP contribution in [-0.4, -0.2) is 30.6 Å². The van der Waals surface area contributed by atoms with Crippen molar-refractivity contribution in [1.82, 2.24) is 4.98 Å². The highest BCUT2D eigenvalue weighted by atomic mass is 16.6. The number of carbonyl (C=O) groups excluding carboxylic acids is 1. The van der Waals surface area contributed by atoms with Crippen molar-refractivity contribution >= 4 is 17.3 Å². The molecule has 0 saturated heterocycles. The summed E-state index contributed by atoms with van der Waals surface area (Å²) in [5.74, 6) is 0.277. The molecule has 1 atom stereocenters. The Balaban J connectivity index is 1.47. The van der Waals surface area contributed by atoms with E-state index in [1.807, 2.05) is 25.1 Å². The van der Waals surface area contributed by atoms with Crippen molar-refractivity contribution in [2.24, 2.45) is 0 Å². The van der Waals surface area contributed by atoms with Gasteiger partial charge in [0, 0.05) is 60.9 Å². The molecule has 228 valence electrons. The fourth-order valence-corrected chi connectivity index (χ4v) is 6.24. The number of hydrogen-bond donors (Lipinski definition) is 0. The molecule has 5 aromatic rings. The highest BCUT2D eigenvalue weighted by Crippen LogP contribution is 2.50. The van der Waals surface area contributed by atoms with Crippen molar-refractivity contribution in [1.29, 1.82) is 0 Å². The van der Waals surface area contributed by atoms with E-state index in [4.69, 9.17) is 14.5 Å². The van der Waals surface area contributed by atoms with Gasteiger partial charge in [-0.2, -0.15) is 0 Å². The second-order valence-electron chi connectivity index (χ2n) is 11.1. The molecule has 1 aliphatic rings. The number of carbonyl (C=O) groups is 1. The number of hydrogen-bond acceptors (Lipinski definition) is 6. The molecule has 1 aliphatic heterocycles. The number of benzene rings is 4. The molecule has 6 nitrogen and oxygen atoms in total. The molecule has 2 heterocycles. The smallest absolute Gasteiger partial charge is 0.341 e. The van der Waals surface area contributed by atoms with E-state index in [9.17, 15) is 4.79 Å². The molecule has 0 amide bonds. The Kier molecular flexibility index (Phi) is 8.83. The molecule has 4 aromatic carbocycles. The number of aromatic nitrogens is 1. The normalized spacial score (nSPS) is 15.3. The molecule has 6 heteroatoms. The van der Waals surface area contributed by atoms with Gasteiger partial charge in [-0.15, -0.1) is 0 Å². The quantitative estimate of drug-likeness (QED) is 0.136. The van der Waals surface area contributed by atoms with Gasteiger partial charge in [0.2, 0.25) is 5.60 Å². The minimum atomic E-state index is -1.26. The van der Waals surface area contributed by atoms with Gasteiger partial charge in [-0.3, -0.25) is 4.98 Å². The number of fused-ring (bicyclic) bond motifs is 1. The Bertz CT molecular complexity index is 1700. The van der Waals surface area contributed by atoms with Crippen LogP contribution in [-0.2, 0) is 23.4 Å². The molecule has 0 N–H and O–H groups in total. The van der Waals surface area contributed by atoms with E-state index in [1.165, 1.54) is 11.1 Å². The van der Waals surface area contributed by atoms with Crippen LogP contribution < -0.4 is 14.5 Å². The Morgan fingerprint density at radius 2 is 1.33 bits per heavy atom. The summed E-state index contributed by atoms with van der Waals surface area (Å²) >= 11 is 0. The van der Waals surface area contributed by atoms with Crippen molar-refractivity contribution in [3.05, 3.63) is 155 Å². The Morgan fingerprint density at radius 1 is 0.711 bits per heavy atom. The van der Waals surface area contributed by atoms with E-state index >= 15 is 0 Å². The molecule has 0 aliphatic carbocycles. The van der Waals surface area contributed by atoms with Crippen LogP contribution in [0.25, 0.3) is 0 Å². The number of pyridine rings is 1. The van der Waals surface area contributed by atoms with E-state index in [0.717, 1.165) is 48.7 Å². The summed E-state index contributed by atoms with van der Waals surface area (Å²) in [5.41, 5.74) is 5.92. The third-order valence-electron chi connectivity index (χ3n) is 8.45. The molecule has 1 aromatic heterocycles. The van der Waals surface area contributed by atoms with Crippen molar-refractivity contribution in [2.45, 2.75) is 39.5 Å². The van der Waals surface area contributed by atoms with Crippen LogP contribution in [0.4, 0.5) is 11.4 Å². The van der Waals surface area contributed by atoms with Crippen LogP contribution in [0.1, 0.15) is 59.1 Å². The zero-order valence-electron chi connectivity index (χ0n) is 26.1. The third kappa shape index (κ3) is 5.88. The predicted molar refractivity (Wildman–Crippen MR) is 180 cm³/mol. The summed E-state index contributed by atoms with van der Waals surface area (Å²) < 4.78 is 12.7. The highest BCUT2D eigenvalue weighted by Gasteiger charge is 2.51. The van der Waals surface area contributed by atoms with Crippen LogP contribution >= 0.6 is 0 Å². The molecule has 0 saturated carbocycles. The molecular formula is C39H39N3O3. The zero-order valence-corrected chi connectivity index (χ0v) is 26.1. The van der Waals surface area contributed by atoms with Crippen LogP contribution in [0.15, 0.2) is 121 Å². The fraction of sp³-hybridized carbons (Fsp3) is 0.231. The van der Waals surface area contributed by atoms with E-state index in [1.54, 1.807) is 18.3 Å². The maximum atomic E-state index is 13.4. The molecular weight excluding hydrogens is 558 g/mol. The molecule has 0 bridgehead atoms. The Morgan fingerprint density at radius 3 is 1.93 bits per heavy atom. The van der Waals surface area contributed by atoms with Gasteiger partial charge in [-0.1, -0.05) is 72.8 Å². The monoisotopic (exact) mass is 597 g/mol. The third-order valence-corrected chi connectivity index (χ3v) is 8.45. The van der Waals surface area contributed by atoms with E-state index in [2.05, 4.69) is 109 Å². The maximum Gasteiger partial charge on any atom is 0.341 e. The van der Waals surface area contributed by atoms with Crippen LogP contribution in [0.2, 0.25) is 0 Å². The summed E-state index contributed by atoms with van der Waals surface area (Å²) in [6, 6.07) is 39.0. The van der Waals surface area contributed by atoms with Crippen LogP contribution in [0.3, 0.4) is 0 Å². The fourth-order valence-electron chi connectivity index (χ4n) is 6.24. The number of cyclic esters (lactones) is 1. The summed E-state index contributed by atoms with van der Waals surface area (Å²) in [6.45, 7) is 9.96. The van der Waals surface area contributed by atoms with Crippen molar-refractivity contribution in [3.63, 3.8) is 0 Å². The number of ether oxygens (including phenoxy) is 2. The average Bonchev–Trinajstić information content (AvgIpc) is 3.39. The van der Waals surface area contributed by atoms with Gasteiger partial charge in [0.15, 0.2) is 0 Å². The lowest BCUT2D eigenvalue weighted by Crippen LogP contribution is -2.31. The standard InChI is InChI=1S/C39H39N3O3/c1-4-41(5-2)33-23-24-35(36(26-33)44-6-3)39(37-34(38(43)45-39)18-13-25-40-37)31-19-21-32(22-20-31)42(27-29-14-9-7-10-15-29)28-30-16-11-8-12-17-30/h7-26H,4-6,27-28H2,1-3H3. The summed E-state index contributed by atoms with van der Waals surface area (Å²) in [7, 11) is 0. The van der Waals surface area contributed by atoms with E-state index in [-0.39, 0.29) is 0 Å². The first-order chi connectivity index (χ1) is 22.1. The zero-order chi connectivity index (χ0) is 31.2. The van der Waals surface area contributed by atoms with Gasteiger partial charge in [-0.25, -0.2) is 4.79 Å². The number of anilines is 2. The Labute approximate surface area is 265 Å². The lowest BCUT2D eigenvalue weighted by molar-refractivity contribution is 0.0235. The number of esters is 1. The molecule has 0 radical (unpaired) electrons. The second kappa shape index (κ2) is 13.3. The van der Waals surface area contributed by atoms with E-state index in [0.29, 0.717) is 23.6 Å². The van der Waals surface area contributed by atoms with Gasteiger partial charge < -0.3 is 19.3 Å². The van der Waals surface area contributed by atoms with Crippen LogP contribution in [0.5, 0.6) is 5.75 Å². The van der Waals surface area contributed by atoms with Crippen molar-refractivity contribution in [3.8, 4) is 5.75 Å². The summed E-state index contributed by atoms with van der Waals surface area (Å²) in [5, 5.41) is 0. The molecule has 0 fully saturated rings. The molecule has 0 spiro atoms. The summed E-state index contributed by atoms with van der Waals surface area (Å²) in [4.78, 5) is 22.8. The van der Waals surface area contributed by atoms with Gasteiger partial charge in [-0.05, 0) is 68.3 Å². The first-order valence-electron chi connectivity index (χ1n) is 15.7. The number of rotatable bonds is 12. The molecule has 45 heavy (non-hydrogen) atoms. The molecule has 1 unspecified atom stereocenters. The molecule has 6 rings (SSSR count). The SMILES string of the molecule is CCOc1cc(N(CC)CC)ccc1C1(c2ccc(N(Cc3ccccc3)Cc3ccccc3)cc2)OC(=O)c2cccnc21. The maximum absolute atomic E-state index is 13.4. The highest BCUT2D eigenvalue weighted by molar-refractivity contribution is 5.95. The minimum Gasteiger partial charge on any atom is -0.493 e.